The van der Waals surface area contributed by atoms with Crippen LogP contribution in [-0.2, 0) is 4.57 Å². The van der Waals surface area contributed by atoms with Gasteiger partial charge in [-0.25, -0.2) is 4.79 Å². The average Bonchev–Trinajstić information content (AvgIpc) is 2.40. The highest BCUT2D eigenvalue weighted by atomic mass is 31.1. The Labute approximate surface area is 127 Å². The highest BCUT2D eigenvalue weighted by Gasteiger charge is 2.52. The molecule has 1 aliphatic rings. The molecular formula is C18H22O2P+. The zero-order valence-corrected chi connectivity index (χ0v) is 14.2. The maximum Gasteiger partial charge on any atom is 0.430 e. The molecule has 21 heavy (non-hydrogen) atoms. The first-order valence-electron chi connectivity index (χ1n) is 7.23. The molecule has 0 saturated carbocycles. The summed E-state index contributed by atoms with van der Waals surface area (Å²) in [7, 11) is -2.03. The summed E-state index contributed by atoms with van der Waals surface area (Å²) < 4.78 is 12.9. The minimum Gasteiger partial charge on any atom is -0.234 e. The molecule has 0 saturated heterocycles. The third kappa shape index (κ3) is 2.78. The van der Waals surface area contributed by atoms with Crippen molar-refractivity contribution in [2.75, 3.05) is 0 Å². The van der Waals surface area contributed by atoms with Gasteiger partial charge in [0.25, 0.3) is 0 Å². The molecule has 0 spiro atoms. The third-order valence-corrected chi connectivity index (χ3v) is 6.40. The van der Waals surface area contributed by atoms with Gasteiger partial charge in [-0.05, 0) is 44.9 Å². The van der Waals surface area contributed by atoms with Crippen molar-refractivity contribution in [2.24, 2.45) is 5.92 Å². The summed E-state index contributed by atoms with van der Waals surface area (Å²) in [5.74, 6) is 0.0844. The smallest absolute Gasteiger partial charge is 0.234 e. The third-order valence-electron chi connectivity index (χ3n) is 4.38. The van der Waals surface area contributed by atoms with Gasteiger partial charge in [0.1, 0.15) is 0 Å². The summed E-state index contributed by atoms with van der Waals surface area (Å²) in [6, 6.07) is 3.96. The number of rotatable bonds is 3. The van der Waals surface area contributed by atoms with Crippen molar-refractivity contribution in [2.45, 2.75) is 39.8 Å². The lowest BCUT2D eigenvalue weighted by Crippen LogP contribution is -2.29. The van der Waals surface area contributed by atoms with Crippen LogP contribution in [0.1, 0.15) is 40.9 Å². The molecule has 1 aliphatic carbocycles. The molecule has 0 radical (unpaired) electrons. The van der Waals surface area contributed by atoms with Crippen LogP contribution in [0.15, 0.2) is 36.4 Å². The second kappa shape index (κ2) is 5.69. The summed E-state index contributed by atoms with van der Waals surface area (Å²) in [5, 5.41) is -0.606. The minimum atomic E-state index is -2.03. The van der Waals surface area contributed by atoms with E-state index in [4.69, 9.17) is 0 Å². The van der Waals surface area contributed by atoms with Crippen molar-refractivity contribution in [3.63, 3.8) is 0 Å². The van der Waals surface area contributed by atoms with Crippen LogP contribution in [0.5, 0.6) is 0 Å². The molecule has 0 amide bonds. The van der Waals surface area contributed by atoms with Crippen LogP contribution >= 0.6 is 7.80 Å². The van der Waals surface area contributed by atoms with Crippen LogP contribution in [0.2, 0.25) is 0 Å². The molecule has 3 heteroatoms. The normalized spacial score (nSPS) is 25.0. The lowest BCUT2D eigenvalue weighted by molar-refractivity contribution is 0.107. The van der Waals surface area contributed by atoms with Crippen LogP contribution in [0.3, 0.4) is 0 Å². The predicted molar refractivity (Wildman–Crippen MR) is 88.4 cm³/mol. The molecule has 1 aromatic carbocycles. The molecule has 0 bridgehead atoms. The van der Waals surface area contributed by atoms with E-state index in [2.05, 4.69) is 0 Å². The van der Waals surface area contributed by atoms with Crippen molar-refractivity contribution in [3.05, 3.63) is 58.7 Å². The van der Waals surface area contributed by atoms with Gasteiger partial charge in [-0.3, -0.25) is 0 Å². The van der Waals surface area contributed by atoms with Gasteiger partial charge in [0.2, 0.25) is 0 Å². The standard InChI is InChI=1S/C18H22O2P/c1-12-10-13(2)16(14(3)11-12)17(19)21(20)18(5)9-7-6-8-15(18)4/h6-11,15H,1-5H3/q+1. The Morgan fingerprint density at radius 3 is 2.24 bits per heavy atom. The Bertz CT molecular complexity index is 647. The Morgan fingerprint density at radius 2 is 1.71 bits per heavy atom. The number of benzene rings is 1. The van der Waals surface area contributed by atoms with E-state index in [1.807, 2.05) is 71.1 Å². The monoisotopic (exact) mass is 301 g/mol. The van der Waals surface area contributed by atoms with Crippen LogP contribution in [0.4, 0.5) is 0 Å². The number of aryl methyl sites for hydroxylation is 3. The van der Waals surface area contributed by atoms with Crippen LogP contribution < -0.4 is 0 Å². The predicted octanol–water partition coefficient (Wildman–Crippen LogP) is 5.10. The first kappa shape index (κ1) is 15.9. The minimum absolute atomic E-state index is 0.0844. The second-order valence-electron chi connectivity index (χ2n) is 6.13. The molecule has 2 rings (SSSR count). The summed E-state index contributed by atoms with van der Waals surface area (Å²) in [5.41, 5.74) is 3.34. The summed E-state index contributed by atoms with van der Waals surface area (Å²) in [6.07, 6.45) is 7.75. The van der Waals surface area contributed by atoms with Crippen LogP contribution in [0.25, 0.3) is 0 Å². The van der Waals surface area contributed by atoms with Crippen LogP contribution in [-0.4, -0.2) is 10.7 Å². The largest absolute Gasteiger partial charge is 0.430 e. The maximum absolute atomic E-state index is 12.9. The Kier molecular flexibility index (Phi) is 4.30. The van der Waals surface area contributed by atoms with Crippen molar-refractivity contribution in [1.29, 1.82) is 0 Å². The molecule has 110 valence electrons. The molecule has 0 fully saturated rings. The quantitative estimate of drug-likeness (QED) is 0.728. The number of allylic oxidation sites excluding steroid dienone is 4. The maximum atomic E-state index is 12.9. The summed E-state index contributed by atoms with van der Waals surface area (Å²) >= 11 is 0. The fourth-order valence-corrected chi connectivity index (χ4v) is 4.59. The van der Waals surface area contributed by atoms with Gasteiger partial charge in [0.15, 0.2) is 5.16 Å². The van der Waals surface area contributed by atoms with Gasteiger partial charge in [0.05, 0.1) is 5.56 Å². The lowest BCUT2D eigenvalue weighted by atomic mass is 9.91. The van der Waals surface area contributed by atoms with Gasteiger partial charge in [-0.2, -0.15) is 0 Å². The van der Waals surface area contributed by atoms with E-state index >= 15 is 0 Å². The second-order valence-corrected chi connectivity index (χ2v) is 8.09. The molecule has 0 aliphatic heterocycles. The molecule has 0 aromatic heterocycles. The molecule has 2 nitrogen and oxygen atoms in total. The van der Waals surface area contributed by atoms with Crippen molar-refractivity contribution in [1.82, 2.24) is 0 Å². The Balaban J connectivity index is 2.44. The van der Waals surface area contributed by atoms with Crippen LogP contribution in [0, 0.1) is 26.7 Å². The van der Waals surface area contributed by atoms with E-state index in [-0.39, 0.29) is 11.4 Å². The van der Waals surface area contributed by atoms with E-state index < -0.39 is 13.0 Å². The van der Waals surface area contributed by atoms with E-state index in [1.54, 1.807) is 0 Å². The van der Waals surface area contributed by atoms with E-state index in [0.717, 1.165) is 16.7 Å². The lowest BCUT2D eigenvalue weighted by Gasteiger charge is -2.22. The van der Waals surface area contributed by atoms with Crippen molar-refractivity contribution < 1.29 is 9.36 Å². The number of hydrogen-bond donors (Lipinski definition) is 0. The summed E-state index contributed by atoms with van der Waals surface area (Å²) in [4.78, 5) is 12.8. The van der Waals surface area contributed by atoms with Gasteiger partial charge >= 0.3 is 13.3 Å². The van der Waals surface area contributed by atoms with Gasteiger partial charge < -0.3 is 0 Å². The molecular weight excluding hydrogens is 279 g/mol. The Morgan fingerprint density at radius 1 is 1.14 bits per heavy atom. The highest BCUT2D eigenvalue weighted by Crippen LogP contribution is 2.50. The van der Waals surface area contributed by atoms with Crippen molar-refractivity contribution >= 4 is 13.3 Å². The highest BCUT2D eigenvalue weighted by molar-refractivity contribution is 7.66. The number of carbonyl (C=O) groups excluding carboxylic acids is 1. The number of carbonyl (C=O) groups is 1. The fraction of sp³-hybridized carbons (Fsp3) is 0.389. The zero-order chi connectivity index (χ0) is 15.8. The van der Waals surface area contributed by atoms with Gasteiger partial charge in [-0.1, -0.05) is 47.4 Å². The molecule has 3 unspecified atom stereocenters. The fourth-order valence-electron chi connectivity index (χ4n) is 2.92. The molecule has 1 aromatic rings. The van der Waals surface area contributed by atoms with E-state index in [0.29, 0.717) is 5.56 Å². The van der Waals surface area contributed by atoms with Gasteiger partial charge in [-0.15, -0.1) is 0 Å². The number of hydrogen-bond acceptors (Lipinski definition) is 2. The molecule has 3 atom stereocenters. The first-order valence-corrected chi connectivity index (χ1v) is 8.49. The van der Waals surface area contributed by atoms with Gasteiger partial charge in [0, 0.05) is 5.92 Å². The van der Waals surface area contributed by atoms with E-state index in [9.17, 15) is 9.36 Å². The molecule has 0 heterocycles. The SMILES string of the molecule is Cc1cc(C)c(C(=O)[P+](=O)C2(C)C=CC=CC2C)c(C)c1. The first-order chi connectivity index (χ1) is 9.77. The topological polar surface area (TPSA) is 34.1 Å². The molecule has 0 N–H and O–H groups in total. The zero-order valence-electron chi connectivity index (χ0n) is 13.3. The summed E-state index contributed by atoms with van der Waals surface area (Å²) in [6.45, 7) is 9.76. The van der Waals surface area contributed by atoms with E-state index in [1.165, 1.54) is 0 Å². The van der Waals surface area contributed by atoms with Crippen molar-refractivity contribution in [3.8, 4) is 0 Å². The Hall–Kier alpha value is -1.53. The average molecular weight is 301 g/mol.